The molecule has 1 aromatic rings. The average molecular weight is 223 g/mol. The molecule has 0 saturated carbocycles. The highest BCUT2D eigenvalue weighted by atomic mass is 16.6. The van der Waals surface area contributed by atoms with Crippen LogP contribution < -0.4 is 4.90 Å². The molecular weight excluding hydrogens is 210 g/mol. The average Bonchev–Trinajstić information content (AvgIpc) is 2.59. The van der Waals surface area contributed by atoms with Gasteiger partial charge < -0.3 is 10.0 Å². The maximum Gasteiger partial charge on any atom is 0.311 e. The predicted octanol–water partition coefficient (Wildman–Crippen LogP) is 0.951. The van der Waals surface area contributed by atoms with Crippen LogP contribution in [0, 0.1) is 10.1 Å². The quantitative estimate of drug-likeness (QED) is 0.596. The number of rotatable bonds is 2. The molecule has 6 heteroatoms. The lowest BCUT2D eigenvalue weighted by Gasteiger charge is -2.19. The van der Waals surface area contributed by atoms with Gasteiger partial charge in [-0.2, -0.15) is 0 Å². The van der Waals surface area contributed by atoms with Crippen molar-refractivity contribution in [3.8, 4) is 0 Å². The molecule has 0 bridgehead atoms. The fourth-order valence-electron chi connectivity index (χ4n) is 1.90. The SMILES string of the molecule is CC1(O)CCN(c2ncccc2[N+](=O)[O-])C1. The lowest BCUT2D eigenvalue weighted by molar-refractivity contribution is -0.384. The Balaban J connectivity index is 2.31. The molecule has 2 heterocycles. The van der Waals surface area contributed by atoms with Crippen LogP contribution in [0.4, 0.5) is 11.5 Å². The number of aliphatic hydroxyl groups is 1. The van der Waals surface area contributed by atoms with E-state index in [0.29, 0.717) is 25.3 Å². The summed E-state index contributed by atoms with van der Waals surface area (Å²) in [5, 5.41) is 20.6. The van der Waals surface area contributed by atoms with E-state index in [-0.39, 0.29) is 5.69 Å². The standard InChI is InChI=1S/C10H13N3O3/c1-10(14)4-6-12(7-10)9-8(13(15)16)3-2-5-11-9/h2-3,5,14H,4,6-7H2,1H3. The minimum absolute atomic E-state index is 0.0137. The van der Waals surface area contributed by atoms with E-state index in [4.69, 9.17) is 0 Å². The zero-order chi connectivity index (χ0) is 11.8. The second-order valence-electron chi connectivity index (χ2n) is 4.27. The topological polar surface area (TPSA) is 79.5 Å². The predicted molar refractivity (Wildman–Crippen MR) is 58.3 cm³/mol. The Morgan fingerprint density at radius 1 is 1.69 bits per heavy atom. The summed E-state index contributed by atoms with van der Waals surface area (Å²) >= 11 is 0. The third kappa shape index (κ3) is 1.96. The van der Waals surface area contributed by atoms with Gasteiger partial charge in [0.2, 0.25) is 5.82 Å². The van der Waals surface area contributed by atoms with Gasteiger partial charge in [-0.1, -0.05) is 0 Å². The van der Waals surface area contributed by atoms with Crippen LogP contribution in [0.3, 0.4) is 0 Å². The van der Waals surface area contributed by atoms with Gasteiger partial charge in [0.05, 0.1) is 10.5 Å². The number of hydrogen-bond donors (Lipinski definition) is 1. The van der Waals surface area contributed by atoms with Crippen molar-refractivity contribution in [2.24, 2.45) is 0 Å². The number of hydrogen-bond acceptors (Lipinski definition) is 5. The smallest absolute Gasteiger partial charge is 0.311 e. The molecule has 1 aromatic heterocycles. The van der Waals surface area contributed by atoms with Gasteiger partial charge in [-0.25, -0.2) is 4.98 Å². The van der Waals surface area contributed by atoms with Gasteiger partial charge in [0.1, 0.15) is 0 Å². The van der Waals surface area contributed by atoms with Crippen molar-refractivity contribution < 1.29 is 10.0 Å². The van der Waals surface area contributed by atoms with E-state index < -0.39 is 10.5 Å². The maximum absolute atomic E-state index is 10.8. The molecule has 6 nitrogen and oxygen atoms in total. The molecule has 1 saturated heterocycles. The fraction of sp³-hybridized carbons (Fsp3) is 0.500. The summed E-state index contributed by atoms with van der Waals surface area (Å²) in [7, 11) is 0. The number of β-amino-alcohol motifs (C(OH)–C–C–N with tert-alkyl or cyclic N) is 1. The molecule has 1 fully saturated rings. The molecule has 2 rings (SSSR count). The van der Waals surface area contributed by atoms with Crippen molar-refractivity contribution in [3.63, 3.8) is 0 Å². The molecule has 0 amide bonds. The van der Waals surface area contributed by atoms with Gasteiger partial charge in [-0.3, -0.25) is 10.1 Å². The summed E-state index contributed by atoms with van der Waals surface area (Å²) in [6.45, 7) is 2.69. The van der Waals surface area contributed by atoms with E-state index in [0.717, 1.165) is 0 Å². The minimum atomic E-state index is -0.786. The number of nitro groups is 1. The van der Waals surface area contributed by atoms with Gasteiger partial charge in [0, 0.05) is 25.4 Å². The summed E-state index contributed by atoms with van der Waals surface area (Å²) in [6, 6.07) is 2.96. The highest BCUT2D eigenvalue weighted by Crippen LogP contribution is 2.30. The third-order valence-corrected chi connectivity index (χ3v) is 2.71. The van der Waals surface area contributed by atoms with Crippen molar-refractivity contribution in [3.05, 3.63) is 28.4 Å². The van der Waals surface area contributed by atoms with Crippen LogP contribution in [0.2, 0.25) is 0 Å². The fourth-order valence-corrected chi connectivity index (χ4v) is 1.90. The van der Waals surface area contributed by atoms with Crippen molar-refractivity contribution >= 4 is 11.5 Å². The molecule has 0 radical (unpaired) electrons. The Morgan fingerprint density at radius 3 is 3.00 bits per heavy atom. The normalized spacial score (nSPS) is 24.8. The van der Waals surface area contributed by atoms with Crippen molar-refractivity contribution in [1.29, 1.82) is 0 Å². The third-order valence-electron chi connectivity index (χ3n) is 2.71. The lowest BCUT2D eigenvalue weighted by atomic mass is 10.1. The molecule has 1 aliphatic heterocycles. The van der Waals surface area contributed by atoms with Crippen LogP contribution in [0.5, 0.6) is 0 Å². The van der Waals surface area contributed by atoms with Gasteiger partial charge in [-0.15, -0.1) is 0 Å². The zero-order valence-electron chi connectivity index (χ0n) is 8.96. The number of aromatic nitrogens is 1. The molecule has 1 N–H and O–H groups in total. The molecule has 0 aliphatic carbocycles. The van der Waals surface area contributed by atoms with Crippen LogP contribution >= 0.6 is 0 Å². The maximum atomic E-state index is 10.8. The van der Waals surface area contributed by atoms with Crippen LogP contribution in [0.1, 0.15) is 13.3 Å². The molecule has 1 atom stereocenters. The monoisotopic (exact) mass is 223 g/mol. The molecular formula is C10H13N3O3. The first kappa shape index (κ1) is 10.8. The summed E-state index contributed by atoms with van der Waals surface area (Å²) in [6.07, 6.45) is 2.12. The molecule has 1 aliphatic rings. The number of pyridine rings is 1. The molecule has 0 aromatic carbocycles. The molecule has 86 valence electrons. The van der Waals surface area contributed by atoms with Crippen LogP contribution in [-0.2, 0) is 0 Å². The Bertz CT molecular complexity index is 420. The zero-order valence-corrected chi connectivity index (χ0v) is 8.96. The van der Waals surface area contributed by atoms with E-state index in [1.807, 2.05) is 0 Å². The van der Waals surface area contributed by atoms with Gasteiger partial charge in [-0.05, 0) is 19.4 Å². The molecule has 0 spiro atoms. The second-order valence-corrected chi connectivity index (χ2v) is 4.27. The van der Waals surface area contributed by atoms with Gasteiger partial charge in [0.15, 0.2) is 0 Å². The van der Waals surface area contributed by atoms with E-state index >= 15 is 0 Å². The minimum Gasteiger partial charge on any atom is -0.388 e. The number of nitrogens with zero attached hydrogens (tertiary/aromatic N) is 3. The van der Waals surface area contributed by atoms with Crippen LogP contribution in [0.15, 0.2) is 18.3 Å². The van der Waals surface area contributed by atoms with E-state index in [9.17, 15) is 15.2 Å². The summed E-state index contributed by atoms with van der Waals surface area (Å²) in [4.78, 5) is 16.1. The molecule has 1 unspecified atom stereocenters. The van der Waals surface area contributed by atoms with Gasteiger partial charge in [0.25, 0.3) is 0 Å². The van der Waals surface area contributed by atoms with Crippen molar-refractivity contribution in [1.82, 2.24) is 4.98 Å². The van der Waals surface area contributed by atoms with Gasteiger partial charge >= 0.3 is 5.69 Å². The summed E-state index contributed by atoms with van der Waals surface area (Å²) < 4.78 is 0. The van der Waals surface area contributed by atoms with Crippen LogP contribution in [-0.4, -0.2) is 33.7 Å². The van der Waals surface area contributed by atoms with Crippen molar-refractivity contribution in [2.75, 3.05) is 18.0 Å². The lowest BCUT2D eigenvalue weighted by Crippen LogP contribution is -2.30. The van der Waals surface area contributed by atoms with E-state index in [1.54, 1.807) is 11.8 Å². The first-order chi connectivity index (χ1) is 7.49. The highest BCUT2D eigenvalue weighted by Gasteiger charge is 2.34. The highest BCUT2D eigenvalue weighted by molar-refractivity contribution is 5.58. The van der Waals surface area contributed by atoms with Crippen LogP contribution in [0.25, 0.3) is 0 Å². The Kier molecular flexibility index (Phi) is 2.51. The Morgan fingerprint density at radius 2 is 2.44 bits per heavy atom. The second kappa shape index (κ2) is 3.71. The first-order valence-corrected chi connectivity index (χ1v) is 5.06. The summed E-state index contributed by atoms with van der Waals surface area (Å²) in [5.74, 6) is 0.338. The van der Waals surface area contributed by atoms with Crippen molar-refractivity contribution in [2.45, 2.75) is 18.9 Å². The van der Waals surface area contributed by atoms with E-state index in [1.165, 1.54) is 18.3 Å². The number of anilines is 1. The first-order valence-electron chi connectivity index (χ1n) is 5.06. The Labute approximate surface area is 92.7 Å². The summed E-state index contributed by atoms with van der Waals surface area (Å²) in [5.41, 5.74) is -0.800. The molecule has 16 heavy (non-hydrogen) atoms. The largest absolute Gasteiger partial charge is 0.388 e. The Hall–Kier alpha value is -1.69. The van der Waals surface area contributed by atoms with E-state index in [2.05, 4.69) is 4.98 Å².